The Bertz CT molecular complexity index is 1000. The third-order valence-electron chi connectivity index (χ3n) is 5.98. The molecule has 2 aliphatic carbocycles. The van der Waals surface area contributed by atoms with E-state index in [9.17, 15) is 14.4 Å². The molecular formula is C22H17ClN2O3. The van der Waals surface area contributed by atoms with Gasteiger partial charge in [-0.2, -0.15) is 0 Å². The van der Waals surface area contributed by atoms with Crippen LogP contribution in [0, 0.1) is 23.7 Å². The number of amides is 3. The summed E-state index contributed by atoms with van der Waals surface area (Å²) in [6.45, 7) is 0. The number of imide groups is 1. The van der Waals surface area contributed by atoms with Gasteiger partial charge in [-0.3, -0.25) is 19.3 Å². The van der Waals surface area contributed by atoms with Crippen LogP contribution in [0.4, 0.5) is 11.4 Å². The van der Waals surface area contributed by atoms with E-state index in [1.165, 1.54) is 4.90 Å². The normalized spacial score (nSPS) is 27.4. The number of nitrogens with zero attached hydrogens (tertiary/aromatic N) is 1. The van der Waals surface area contributed by atoms with Crippen LogP contribution in [-0.2, 0) is 9.59 Å². The number of fused-ring (bicyclic) bond motifs is 5. The molecule has 1 heterocycles. The average molecular weight is 393 g/mol. The molecule has 2 aromatic rings. The van der Waals surface area contributed by atoms with Gasteiger partial charge in [0.25, 0.3) is 5.91 Å². The Morgan fingerprint density at radius 2 is 1.54 bits per heavy atom. The lowest BCUT2D eigenvalue weighted by Gasteiger charge is -2.17. The lowest BCUT2D eigenvalue weighted by atomic mass is 9.85. The summed E-state index contributed by atoms with van der Waals surface area (Å²) in [6, 6.07) is 13.5. The Morgan fingerprint density at radius 1 is 0.929 bits per heavy atom. The van der Waals surface area contributed by atoms with Crippen LogP contribution in [-0.4, -0.2) is 17.7 Å². The van der Waals surface area contributed by atoms with Gasteiger partial charge in [-0.25, -0.2) is 0 Å². The van der Waals surface area contributed by atoms with E-state index in [1.807, 2.05) is 0 Å². The monoisotopic (exact) mass is 392 g/mol. The zero-order valence-electron chi connectivity index (χ0n) is 14.8. The first-order chi connectivity index (χ1) is 13.5. The van der Waals surface area contributed by atoms with Gasteiger partial charge < -0.3 is 5.32 Å². The molecule has 2 fully saturated rings. The van der Waals surface area contributed by atoms with E-state index in [2.05, 4.69) is 17.5 Å². The fraction of sp³-hybridized carbons (Fsp3) is 0.227. The Kier molecular flexibility index (Phi) is 3.88. The van der Waals surface area contributed by atoms with Crippen molar-refractivity contribution in [2.45, 2.75) is 6.42 Å². The number of anilines is 2. The van der Waals surface area contributed by atoms with E-state index in [0.29, 0.717) is 22.0 Å². The summed E-state index contributed by atoms with van der Waals surface area (Å²) in [6.07, 6.45) is 5.05. The van der Waals surface area contributed by atoms with Crippen LogP contribution in [0.15, 0.2) is 60.7 Å². The number of hydrogen-bond acceptors (Lipinski definition) is 3. The quantitative estimate of drug-likeness (QED) is 0.636. The summed E-state index contributed by atoms with van der Waals surface area (Å²) < 4.78 is 0. The molecule has 1 saturated carbocycles. The van der Waals surface area contributed by atoms with Crippen LogP contribution in [0.5, 0.6) is 0 Å². The van der Waals surface area contributed by atoms with E-state index in [4.69, 9.17) is 11.6 Å². The summed E-state index contributed by atoms with van der Waals surface area (Å²) in [5, 5.41) is 3.21. The summed E-state index contributed by atoms with van der Waals surface area (Å²) in [7, 11) is 0. The number of hydrogen-bond donors (Lipinski definition) is 1. The Morgan fingerprint density at radius 3 is 2.14 bits per heavy atom. The van der Waals surface area contributed by atoms with Gasteiger partial charge in [0.15, 0.2) is 0 Å². The van der Waals surface area contributed by atoms with Crippen LogP contribution in [0.3, 0.4) is 0 Å². The highest BCUT2D eigenvalue weighted by molar-refractivity contribution is 6.33. The van der Waals surface area contributed by atoms with Crippen molar-refractivity contribution in [3.8, 4) is 0 Å². The molecule has 0 radical (unpaired) electrons. The molecule has 5 nitrogen and oxygen atoms in total. The molecule has 2 aromatic carbocycles. The van der Waals surface area contributed by atoms with Crippen LogP contribution >= 0.6 is 11.6 Å². The molecule has 3 aliphatic rings. The highest BCUT2D eigenvalue weighted by Gasteiger charge is 2.59. The minimum Gasteiger partial charge on any atom is -0.321 e. The van der Waals surface area contributed by atoms with E-state index >= 15 is 0 Å². The van der Waals surface area contributed by atoms with Crippen molar-refractivity contribution >= 4 is 40.7 Å². The number of benzene rings is 2. The van der Waals surface area contributed by atoms with Gasteiger partial charge >= 0.3 is 0 Å². The van der Waals surface area contributed by atoms with Gasteiger partial charge in [-0.15, -0.1) is 0 Å². The van der Waals surface area contributed by atoms with E-state index in [0.717, 1.165) is 6.42 Å². The third kappa shape index (κ3) is 2.50. The SMILES string of the molecule is O=C(Nc1ccccc1Cl)c1ccc(N2C(=O)[C@@H]3[C@@H](C2=O)[C@@H]2C=C[C@@H]3C2)cc1. The van der Waals surface area contributed by atoms with Crippen LogP contribution < -0.4 is 10.2 Å². The van der Waals surface area contributed by atoms with E-state index in [-0.39, 0.29) is 41.4 Å². The van der Waals surface area contributed by atoms with Gasteiger partial charge in [0, 0.05) is 5.56 Å². The maximum atomic E-state index is 12.9. The van der Waals surface area contributed by atoms with Crippen molar-refractivity contribution in [3.63, 3.8) is 0 Å². The molecule has 1 N–H and O–H groups in total. The molecule has 28 heavy (non-hydrogen) atoms. The lowest BCUT2D eigenvalue weighted by Crippen LogP contribution is -2.32. The second kappa shape index (κ2) is 6.31. The first-order valence-electron chi connectivity index (χ1n) is 9.26. The molecule has 0 spiro atoms. The Labute approximate surface area is 167 Å². The number of carbonyl (C=O) groups excluding carboxylic acids is 3. The maximum Gasteiger partial charge on any atom is 0.255 e. The van der Waals surface area contributed by atoms with Crippen molar-refractivity contribution in [1.29, 1.82) is 0 Å². The molecule has 5 rings (SSSR count). The van der Waals surface area contributed by atoms with Gasteiger partial charge in [0.1, 0.15) is 0 Å². The second-order valence-electron chi connectivity index (χ2n) is 7.49. The van der Waals surface area contributed by atoms with Crippen molar-refractivity contribution in [3.05, 3.63) is 71.3 Å². The number of rotatable bonds is 3. The van der Waals surface area contributed by atoms with Crippen LogP contribution in [0.1, 0.15) is 16.8 Å². The maximum absolute atomic E-state index is 12.9. The molecule has 2 bridgehead atoms. The zero-order valence-corrected chi connectivity index (χ0v) is 15.6. The topological polar surface area (TPSA) is 66.5 Å². The van der Waals surface area contributed by atoms with Gasteiger partial charge in [0.05, 0.1) is 28.2 Å². The van der Waals surface area contributed by atoms with E-state index in [1.54, 1.807) is 48.5 Å². The predicted octanol–water partition coefficient (Wildman–Crippen LogP) is 3.90. The molecule has 6 heteroatoms. The smallest absolute Gasteiger partial charge is 0.255 e. The van der Waals surface area contributed by atoms with Crippen molar-refractivity contribution in [1.82, 2.24) is 0 Å². The number of carbonyl (C=O) groups is 3. The zero-order chi connectivity index (χ0) is 19.4. The third-order valence-corrected chi connectivity index (χ3v) is 6.31. The molecule has 140 valence electrons. The van der Waals surface area contributed by atoms with Gasteiger partial charge in [-0.05, 0) is 54.7 Å². The number of para-hydroxylation sites is 1. The highest BCUT2D eigenvalue weighted by atomic mass is 35.5. The van der Waals surface area contributed by atoms with Gasteiger partial charge in [0.2, 0.25) is 11.8 Å². The van der Waals surface area contributed by atoms with Crippen molar-refractivity contribution in [2.24, 2.45) is 23.7 Å². The lowest BCUT2D eigenvalue weighted by molar-refractivity contribution is -0.123. The largest absolute Gasteiger partial charge is 0.321 e. The van der Waals surface area contributed by atoms with Crippen molar-refractivity contribution in [2.75, 3.05) is 10.2 Å². The molecule has 4 atom stereocenters. The fourth-order valence-electron chi connectivity index (χ4n) is 4.68. The summed E-state index contributed by atoms with van der Waals surface area (Å²) in [5.41, 5.74) is 1.46. The minimum atomic E-state index is -0.308. The van der Waals surface area contributed by atoms with Crippen molar-refractivity contribution < 1.29 is 14.4 Å². The predicted molar refractivity (Wildman–Crippen MR) is 106 cm³/mol. The Hall–Kier alpha value is -2.92. The Balaban J connectivity index is 1.36. The molecule has 3 amide bonds. The molecule has 1 saturated heterocycles. The summed E-state index contributed by atoms with van der Waals surface area (Å²) in [4.78, 5) is 39.5. The molecule has 0 unspecified atom stereocenters. The standard InChI is InChI=1S/C22H17ClN2O3/c23-16-3-1-2-4-17(16)24-20(26)12-7-9-15(10-8-12)25-21(27)18-13-5-6-14(11-13)19(18)22(25)28/h1-10,13-14,18-19H,11H2,(H,24,26)/t13-,14-,18+,19+/m1/s1. The molecular weight excluding hydrogens is 376 g/mol. The van der Waals surface area contributed by atoms with Crippen LogP contribution in [0.2, 0.25) is 5.02 Å². The average Bonchev–Trinajstić information content (AvgIpc) is 3.38. The minimum absolute atomic E-state index is 0.125. The summed E-state index contributed by atoms with van der Waals surface area (Å²) in [5.74, 6) is -0.663. The second-order valence-corrected chi connectivity index (χ2v) is 7.90. The van der Waals surface area contributed by atoms with Gasteiger partial charge in [-0.1, -0.05) is 35.9 Å². The number of halogens is 1. The first-order valence-corrected chi connectivity index (χ1v) is 9.64. The molecule has 1 aliphatic heterocycles. The van der Waals surface area contributed by atoms with Crippen LogP contribution in [0.25, 0.3) is 0 Å². The summed E-state index contributed by atoms with van der Waals surface area (Å²) >= 11 is 6.07. The highest BCUT2D eigenvalue weighted by Crippen LogP contribution is 2.53. The molecule has 0 aromatic heterocycles. The number of nitrogens with one attached hydrogen (secondary N) is 1. The fourth-order valence-corrected chi connectivity index (χ4v) is 4.86. The van der Waals surface area contributed by atoms with E-state index < -0.39 is 0 Å². The first kappa shape index (κ1) is 17.2. The number of allylic oxidation sites excluding steroid dienone is 2.